The van der Waals surface area contributed by atoms with E-state index in [1.165, 1.54) is 64.5 Å². The van der Waals surface area contributed by atoms with Crippen molar-refractivity contribution >= 4 is 17.6 Å². The van der Waals surface area contributed by atoms with Crippen molar-refractivity contribution in [2.45, 2.75) is 51.1 Å². The predicted molar refractivity (Wildman–Crippen MR) is 111 cm³/mol. The number of halogens is 2. The summed E-state index contributed by atoms with van der Waals surface area (Å²) in [7, 11) is 0. The first-order valence-corrected chi connectivity index (χ1v) is 17.5. The van der Waals surface area contributed by atoms with Gasteiger partial charge in [0.15, 0.2) is 0 Å². The Labute approximate surface area is 197 Å². The summed E-state index contributed by atoms with van der Waals surface area (Å²) >= 11 is 1.45. The summed E-state index contributed by atoms with van der Waals surface area (Å²) in [4.78, 5) is 0. The molecule has 0 nitrogen and oxygen atoms in total. The van der Waals surface area contributed by atoms with Crippen molar-refractivity contribution in [3.8, 4) is 0 Å². The first-order chi connectivity index (χ1) is 12.6. The molecule has 146 valence electrons. The molecule has 0 radical (unpaired) electrons. The van der Waals surface area contributed by atoms with Gasteiger partial charge in [0.05, 0.1) is 0 Å². The van der Waals surface area contributed by atoms with Crippen molar-refractivity contribution in [2.75, 3.05) is 0 Å². The van der Waals surface area contributed by atoms with E-state index in [2.05, 4.69) is 86.8 Å². The van der Waals surface area contributed by atoms with E-state index in [0.29, 0.717) is 11.8 Å². The van der Waals surface area contributed by atoms with Gasteiger partial charge in [-0.05, 0) is 29.9 Å². The third-order valence-corrected chi connectivity index (χ3v) is 4.97. The van der Waals surface area contributed by atoms with Gasteiger partial charge in [-0.1, -0.05) is 73.4 Å². The first kappa shape index (κ1) is 25.6. The van der Waals surface area contributed by atoms with Gasteiger partial charge in [-0.3, -0.25) is 6.08 Å². The van der Waals surface area contributed by atoms with Crippen LogP contribution in [0.2, 0.25) is 13.1 Å². The molecule has 0 aromatic heterocycles. The Balaban J connectivity index is 0.000000601. The number of unbranched alkanes of at least 4 members (excludes halogenated alkanes) is 1. The quantitative estimate of drug-likeness (QED) is 0.364. The van der Waals surface area contributed by atoms with Crippen LogP contribution in [0.1, 0.15) is 60.3 Å². The summed E-state index contributed by atoms with van der Waals surface area (Å²) in [6, 6.07) is 17.6. The van der Waals surface area contributed by atoms with E-state index in [9.17, 15) is 0 Å². The van der Waals surface area contributed by atoms with Crippen LogP contribution in [-0.4, -0.2) is 5.49 Å². The number of fused-ring (bicyclic) bond motifs is 2. The molecule has 2 atom stereocenters. The van der Waals surface area contributed by atoms with Gasteiger partial charge in [0.2, 0.25) is 0 Å². The molecule has 28 heavy (non-hydrogen) atoms. The molecule has 2 aliphatic carbocycles. The molecule has 0 saturated heterocycles. The SMILES string of the molecule is CCCCC1=Cc2ccccc2C1C1[C-]=Cc2ccccc21.C[Si](C)=[Hf+2].[Cl-].[Cl-]. The molecule has 2 aromatic carbocycles. The molecule has 0 aliphatic heterocycles. The van der Waals surface area contributed by atoms with Crippen LogP contribution in [0.5, 0.6) is 0 Å². The summed E-state index contributed by atoms with van der Waals surface area (Å²) in [5.41, 5.74) is 7.51. The van der Waals surface area contributed by atoms with Crippen molar-refractivity contribution in [1.29, 1.82) is 0 Å². The Morgan fingerprint density at radius 1 is 0.929 bits per heavy atom. The van der Waals surface area contributed by atoms with E-state index in [0.717, 1.165) is 0 Å². The molecule has 4 rings (SSSR count). The smallest absolute Gasteiger partial charge is 1.00 e. The number of hydrogen-bond acceptors (Lipinski definition) is 0. The molecule has 0 bridgehead atoms. The van der Waals surface area contributed by atoms with E-state index in [1.54, 1.807) is 5.57 Å². The number of rotatable bonds is 4. The van der Waals surface area contributed by atoms with Crippen LogP contribution in [0.3, 0.4) is 0 Å². The number of hydrogen-bond donors (Lipinski definition) is 0. The van der Waals surface area contributed by atoms with Crippen LogP contribution >= 0.6 is 0 Å². The van der Waals surface area contributed by atoms with E-state index >= 15 is 0 Å². The van der Waals surface area contributed by atoms with Crippen LogP contribution in [0.15, 0.2) is 54.1 Å². The Morgan fingerprint density at radius 3 is 2.14 bits per heavy atom. The molecule has 0 heterocycles. The molecule has 0 fully saturated rings. The summed E-state index contributed by atoms with van der Waals surface area (Å²) in [5, 5.41) is 0. The minimum Gasteiger partial charge on any atom is -1.00 e. The zero-order valence-corrected chi connectivity index (χ0v) is 22.9. The summed E-state index contributed by atoms with van der Waals surface area (Å²) in [6.07, 6.45) is 12.0. The van der Waals surface area contributed by atoms with Crippen molar-refractivity contribution in [3.05, 3.63) is 82.4 Å². The van der Waals surface area contributed by atoms with Gasteiger partial charge >= 0.3 is 41.6 Å². The van der Waals surface area contributed by atoms with E-state index < -0.39 is 0 Å². The van der Waals surface area contributed by atoms with Crippen LogP contribution in [-0.2, 0) is 23.0 Å². The van der Waals surface area contributed by atoms with E-state index in [-0.39, 0.29) is 30.3 Å². The van der Waals surface area contributed by atoms with Gasteiger partial charge in [0.1, 0.15) is 0 Å². The molecule has 2 aromatic rings. The van der Waals surface area contributed by atoms with Crippen molar-refractivity contribution < 1.29 is 47.8 Å². The van der Waals surface area contributed by atoms with Gasteiger partial charge in [-0.25, -0.2) is 6.08 Å². The summed E-state index contributed by atoms with van der Waals surface area (Å²) in [6.45, 7) is 6.93. The molecule has 2 unspecified atom stereocenters. The predicted octanol–water partition coefficient (Wildman–Crippen LogP) is 0.763. The molecule has 2 aliphatic rings. The largest absolute Gasteiger partial charge is 1.00 e. The molecule has 0 spiro atoms. The maximum Gasteiger partial charge on any atom is -1.00 e. The topological polar surface area (TPSA) is 0 Å². The van der Waals surface area contributed by atoms with E-state index in [1.807, 2.05) is 0 Å². The third kappa shape index (κ3) is 6.04. The van der Waals surface area contributed by atoms with Gasteiger partial charge in [-0.15, -0.1) is 11.6 Å². The van der Waals surface area contributed by atoms with E-state index in [4.69, 9.17) is 0 Å². The number of benzene rings is 2. The molecule has 4 heteroatoms. The Morgan fingerprint density at radius 2 is 1.50 bits per heavy atom. The standard InChI is InChI=1S/C22H21.C2H6Si.2ClH.Hf/c1-2-3-8-18-15-17-10-5-7-12-20(17)22(18)21-14-13-16-9-4-6-11-19(16)21;1-3-2;;;/h4-7,9-13,15,21-22H,2-3,8H2,1H3;1-2H3;2*1H;/q-1;;;;+2/p-2. The Bertz CT molecular complexity index is 853. The van der Waals surface area contributed by atoms with Crippen LogP contribution in [0, 0.1) is 6.08 Å². The van der Waals surface area contributed by atoms with Crippen LogP contribution in [0.4, 0.5) is 0 Å². The van der Waals surface area contributed by atoms with Gasteiger partial charge in [0.25, 0.3) is 0 Å². The average molecular weight is 593 g/mol. The average Bonchev–Trinajstić information content (AvgIpc) is 3.20. The van der Waals surface area contributed by atoms with Crippen molar-refractivity contribution in [2.24, 2.45) is 0 Å². The zero-order chi connectivity index (χ0) is 18.5. The minimum atomic E-state index is 0. The van der Waals surface area contributed by atoms with Crippen LogP contribution < -0.4 is 24.8 Å². The first-order valence-electron chi connectivity index (χ1n) is 9.61. The zero-order valence-electron chi connectivity index (χ0n) is 16.8. The fourth-order valence-corrected chi connectivity index (χ4v) is 3.89. The van der Waals surface area contributed by atoms with Gasteiger partial charge in [-0.2, -0.15) is 5.56 Å². The van der Waals surface area contributed by atoms with Gasteiger partial charge < -0.3 is 24.8 Å². The summed E-state index contributed by atoms with van der Waals surface area (Å²) in [5.74, 6) is 0.852. The van der Waals surface area contributed by atoms with Crippen molar-refractivity contribution in [3.63, 3.8) is 0 Å². The van der Waals surface area contributed by atoms with Crippen molar-refractivity contribution in [1.82, 2.24) is 0 Å². The molecule has 0 N–H and O–H groups in total. The fraction of sp³-hybridized carbons (Fsp3) is 0.333. The molecule has 0 saturated carbocycles. The molecule has 0 amide bonds. The maximum atomic E-state index is 3.65. The monoisotopic (exact) mass is 593 g/mol. The minimum absolute atomic E-state index is 0. The maximum absolute atomic E-state index is 3.65. The van der Waals surface area contributed by atoms with Crippen LogP contribution in [0.25, 0.3) is 12.2 Å². The normalized spacial score (nSPS) is 18.0. The second kappa shape index (κ2) is 12.3. The molecular weight excluding hydrogens is 566 g/mol. The van der Waals surface area contributed by atoms with Gasteiger partial charge in [0, 0.05) is 0 Å². The number of allylic oxidation sites excluding steroid dienone is 2. The molecular formula is C24H27Cl2HfSi-. The fourth-order valence-electron chi connectivity index (χ4n) is 3.89. The Kier molecular flexibility index (Phi) is 11.3. The summed E-state index contributed by atoms with van der Waals surface area (Å²) < 4.78 is 0. The second-order valence-corrected chi connectivity index (χ2v) is 20.1. The Hall–Kier alpha value is -0.413. The second-order valence-electron chi connectivity index (χ2n) is 7.35. The third-order valence-electron chi connectivity index (χ3n) is 4.97.